The van der Waals surface area contributed by atoms with Crippen LogP contribution in [-0.4, -0.2) is 4.98 Å². The molecule has 0 amide bonds. The highest BCUT2D eigenvalue weighted by atomic mass is 31.1. The van der Waals surface area contributed by atoms with Gasteiger partial charge in [0.05, 0.1) is 11.0 Å². The second-order valence-electron chi connectivity index (χ2n) is 10.5. The zero-order valence-electron chi connectivity index (χ0n) is 23.3. The first-order valence-electron chi connectivity index (χ1n) is 14.4. The van der Waals surface area contributed by atoms with Crippen molar-refractivity contribution in [3.63, 3.8) is 0 Å². The average Bonchev–Trinajstić information content (AvgIpc) is 3.07. The van der Waals surface area contributed by atoms with E-state index in [1.165, 1.54) is 43.1 Å². The Bertz CT molecular complexity index is 1710. The Labute approximate surface area is 250 Å². The van der Waals surface area contributed by atoms with Gasteiger partial charge in [0.2, 0.25) is 0 Å². The minimum Gasteiger partial charge on any atom is -0.247 e. The van der Waals surface area contributed by atoms with Crippen LogP contribution in [0.15, 0.2) is 164 Å². The summed E-state index contributed by atoms with van der Waals surface area (Å²) >= 11 is 0. The Hall–Kier alpha value is -4.15. The van der Waals surface area contributed by atoms with Gasteiger partial charge in [-0.3, -0.25) is 0 Å². The van der Waals surface area contributed by atoms with E-state index in [0.717, 1.165) is 23.4 Å². The fourth-order valence-corrected chi connectivity index (χ4v) is 10.3. The summed E-state index contributed by atoms with van der Waals surface area (Å²) in [6.07, 6.45) is 1.92. The van der Waals surface area contributed by atoms with Crippen LogP contribution in [0.3, 0.4) is 0 Å². The lowest BCUT2D eigenvalue weighted by molar-refractivity contribution is 1.35. The molecule has 0 bridgehead atoms. The van der Waals surface area contributed by atoms with Crippen molar-refractivity contribution in [1.29, 1.82) is 0 Å². The number of pyridine rings is 1. The van der Waals surface area contributed by atoms with Crippen LogP contribution in [0.5, 0.6) is 0 Å². The van der Waals surface area contributed by atoms with Crippen molar-refractivity contribution >= 4 is 58.9 Å². The maximum Gasteiger partial charge on any atom is 0.0745 e. The molecule has 0 N–H and O–H groups in total. The summed E-state index contributed by atoms with van der Waals surface area (Å²) in [5.74, 6) is 0. The monoisotopic (exact) mass is 575 g/mol. The molecule has 0 spiro atoms. The molecule has 1 aromatic heterocycles. The molecule has 202 valence electrons. The number of benzene rings is 6. The molecule has 0 aliphatic heterocycles. The SMILES string of the molecule is c1ccc(P(Cc2cccc3cc4cccc(CP(c5ccccc5)c5ccccc5)c4nc23)c2ccccc2)cc1. The second-order valence-corrected chi connectivity index (χ2v) is 14.9. The van der Waals surface area contributed by atoms with E-state index in [0.29, 0.717) is 0 Å². The highest BCUT2D eigenvalue weighted by Gasteiger charge is 2.19. The third-order valence-electron chi connectivity index (χ3n) is 7.76. The number of rotatable bonds is 8. The Kier molecular flexibility index (Phi) is 7.88. The fraction of sp³-hybridized carbons (Fsp3) is 0.0513. The predicted octanol–water partition coefficient (Wildman–Crippen LogP) is 8.65. The average molecular weight is 576 g/mol. The largest absolute Gasteiger partial charge is 0.247 e. The first-order chi connectivity index (χ1) is 20.8. The van der Waals surface area contributed by atoms with E-state index in [2.05, 4.69) is 164 Å². The molecule has 0 radical (unpaired) electrons. The van der Waals surface area contributed by atoms with Crippen LogP contribution in [0.25, 0.3) is 21.8 Å². The summed E-state index contributed by atoms with van der Waals surface area (Å²) < 4.78 is 0. The van der Waals surface area contributed by atoms with Gasteiger partial charge in [0, 0.05) is 23.1 Å². The molecule has 0 atom stereocenters. The van der Waals surface area contributed by atoms with Crippen molar-refractivity contribution in [2.45, 2.75) is 12.3 Å². The van der Waals surface area contributed by atoms with Crippen LogP contribution in [0, 0.1) is 0 Å². The predicted molar refractivity (Wildman–Crippen MR) is 185 cm³/mol. The van der Waals surface area contributed by atoms with Crippen molar-refractivity contribution in [2.24, 2.45) is 0 Å². The number of hydrogen-bond donors (Lipinski definition) is 0. The van der Waals surface area contributed by atoms with Crippen molar-refractivity contribution in [3.05, 3.63) is 175 Å². The molecule has 0 saturated heterocycles. The lowest BCUT2D eigenvalue weighted by atomic mass is 10.1. The number of fused-ring (bicyclic) bond motifs is 2. The van der Waals surface area contributed by atoms with Gasteiger partial charge in [-0.2, -0.15) is 0 Å². The van der Waals surface area contributed by atoms with E-state index >= 15 is 0 Å². The molecule has 7 aromatic rings. The maximum atomic E-state index is 5.48. The number of hydrogen-bond acceptors (Lipinski definition) is 1. The second kappa shape index (κ2) is 12.4. The van der Waals surface area contributed by atoms with Gasteiger partial charge in [-0.1, -0.05) is 158 Å². The molecule has 0 aliphatic rings. The lowest BCUT2D eigenvalue weighted by Crippen LogP contribution is -2.13. The van der Waals surface area contributed by atoms with Gasteiger partial charge in [-0.05, 0) is 54.3 Å². The van der Waals surface area contributed by atoms with E-state index in [1.807, 2.05) is 0 Å². The minimum atomic E-state index is -0.563. The van der Waals surface area contributed by atoms with Gasteiger partial charge in [0.1, 0.15) is 0 Å². The van der Waals surface area contributed by atoms with Gasteiger partial charge in [0.25, 0.3) is 0 Å². The van der Waals surface area contributed by atoms with Gasteiger partial charge in [-0.15, -0.1) is 0 Å². The van der Waals surface area contributed by atoms with Gasteiger partial charge in [0.15, 0.2) is 0 Å². The Morgan fingerprint density at radius 1 is 0.357 bits per heavy atom. The summed E-state index contributed by atoms with van der Waals surface area (Å²) in [4.78, 5) is 5.48. The third-order valence-corrected chi connectivity index (χ3v) is 12.8. The quantitative estimate of drug-likeness (QED) is 0.131. The van der Waals surface area contributed by atoms with Crippen LogP contribution in [0.2, 0.25) is 0 Å². The molecule has 1 nitrogen and oxygen atoms in total. The zero-order chi connectivity index (χ0) is 28.1. The van der Waals surface area contributed by atoms with Crippen molar-refractivity contribution in [1.82, 2.24) is 4.98 Å². The first-order valence-corrected chi connectivity index (χ1v) is 17.4. The molecule has 0 fully saturated rings. The van der Waals surface area contributed by atoms with Crippen molar-refractivity contribution in [3.8, 4) is 0 Å². The Morgan fingerprint density at radius 2 is 0.690 bits per heavy atom. The molecule has 0 aliphatic carbocycles. The molecule has 42 heavy (non-hydrogen) atoms. The normalized spacial score (nSPS) is 11.5. The third kappa shape index (κ3) is 5.64. The van der Waals surface area contributed by atoms with Gasteiger partial charge < -0.3 is 0 Å². The Morgan fingerprint density at radius 3 is 1.02 bits per heavy atom. The zero-order valence-corrected chi connectivity index (χ0v) is 25.1. The summed E-state index contributed by atoms with van der Waals surface area (Å²) in [5, 5.41) is 8.01. The highest BCUT2D eigenvalue weighted by Crippen LogP contribution is 2.42. The molecule has 6 aromatic carbocycles. The number of aromatic nitrogens is 1. The van der Waals surface area contributed by atoms with E-state index in [4.69, 9.17) is 4.98 Å². The molecule has 3 heteroatoms. The molecule has 1 heterocycles. The summed E-state index contributed by atoms with van der Waals surface area (Å²) in [7, 11) is -1.13. The Balaban J connectivity index is 1.33. The van der Waals surface area contributed by atoms with Crippen LogP contribution in [-0.2, 0) is 12.3 Å². The smallest absolute Gasteiger partial charge is 0.0745 e. The van der Waals surface area contributed by atoms with Crippen LogP contribution in [0.1, 0.15) is 11.1 Å². The van der Waals surface area contributed by atoms with Crippen LogP contribution in [0.4, 0.5) is 0 Å². The number of para-hydroxylation sites is 2. The van der Waals surface area contributed by atoms with Crippen molar-refractivity contribution in [2.75, 3.05) is 0 Å². The van der Waals surface area contributed by atoms with Crippen LogP contribution >= 0.6 is 15.8 Å². The van der Waals surface area contributed by atoms with Crippen LogP contribution < -0.4 is 21.2 Å². The molecule has 0 unspecified atom stereocenters. The molecule has 7 rings (SSSR count). The standard InChI is InChI=1S/C39H31NP2/c1-5-19-34(20-6-1)41(35-21-7-2-8-22-35)28-32-17-13-15-30-27-31-16-14-18-33(39(31)40-38(30)32)29-42(36-23-9-3-10-24-36)37-25-11-4-12-26-37/h1-27H,28-29H2. The van der Waals surface area contributed by atoms with E-state index in [1.54, 1.807) is 0 Å². The minimum absolute atomic E-state index is 0.563. The number of nitrogens with zero attached hydrogens (tertiary/aromatic N) is 1. The summed E-state index contributed by atoms with van der Waals surface area (Å²) in [6, 6.07) is 59.6. The summed E-state index contributed by atoms with van der Waals surface area (Å²) in [6.45, 7) is 0. The van der Waals surface area contributed by atoms with E-state index in [-0.39, 0.29) is 0 Å². The molecular formula is C39H31NP2. The topological polar surface area (TPSA) is 12.9 Å². The first kappa shape index (κ1) is 26.7. The van der Waals surface area contributed by atoms with Gasteiger partial charge in [-0.25, -0.2) is 4.98 Å². The fourth-order valence-electron chi connectivity index (χ4n) is 5.70. The molecular weight excluding hydrogens is 544 g/mol. The maximum absolute atomic E-state index is 5.48. The van der Waals surface area contributed by atoms with E-state index in [9.17, 15) is 0 Å². The summed E-state index contributed by atoms with van der Waals surface area (Å²) in [5.41, 5.74) is 4.88. The van der Waals surface area contributed by atoms with E-state index < -0.39 is 15.8 Å². The van der Waals surface area contributed by atoms with Gasteiger partial charge >= 0.3 is 0 Å². The molecule has 0 saturated carbocycles. The lowest BCUT2D eigenvalue weighted by Gasteiger charge is -2.21. The van der Waals surface area contributed by atoms with Crippen molar-refractivity contribution < 1.29 is 0 Å². The highest BCUT2D eigenvalue weighted by molar-refractivity contribution is 7.72.